The maximum atomic E-state index is 13.3. The van der Waals surface area contributed by atoms with Gasteiger partial charge in [0.1, 0.15) is 6.61 Å². The van der Waals surface area contributed by atoms with Crippen LogP contribution in [0, 0.1) is 0 Å². The van der Waals surface area contributed by atoms with Crippen LogP contribution in [0.25, 0.3) is 0 Å². The van der Waals surface area contributed by atoms with E-state index in [1.54, 1.807) is 36.5 Å². The molecule has 9 heteroatoms. The van der Waals surface area contributed by atoms with E-state index < -0.39 is 6.04 Å². The largest absolute Gasteiger partial charge is 0.488 e. The number of benzene rings is 2. The number of rotatable bonds is 5. The van der Waals surface area contributed by atoms with Gasteiger partial charge in [-0.15, -0.1) is 0 Å². The van der Waals surface area contributed by atoms with Gasteiger partial charge in [0.15, 0.2) is 11.6 Å². The lowest BCUT2D eigenvalue weighted by Crippen LogP contribution is -2.43. The van der Waals surface area contributed by atoms with Gasteiger partial charge in [-0.2, -0.15) is 0 Å². The summed E-state index contributed by atoms with van der Waals surface area (Å²) in [6, 6.07) is 14.0. The molecule has 35 heavy (non-hydrogen) atoms. The Morgan fingerprint density at radius 2 is 1.89 bits per heavy atom. The molecule has 1 saturated heterocycles. The van der Waals surface area contributed by atoms with Gasteiger partial charge < -0.3 is 25.0 Å². The minimum atomic E-state index is -0.394. The fraction of sp³-hybridized carbons (Fsp3) is 0.308. The highest BCUT2D eigenvalue weighted by atomic mass is 35.5. The first-order valence-corrected chi connectivity index (χ1v) is 12.4. The Hall–Kier alpha value is -3.00. The third-order valence-corrected chi connectivity index (χ3v) is 6.96. The number of fused-ring (bicyclic) bond motifs is 1. The molecule has 2 N–H and O–H groups in total. The number of halogens is 2. The highest BCUT2D eigenvalue weighted by Crippen LogP contribution is 2.42. The summed E-state index contributed by atoms with van der Waals surface area (Å²) in [7, 11) is 0. The number of nitrogens with one attached hydrogen (secondary N) is 1. The standard InChI is InChI=1S/C26H26Cl2N4O3/c27-20-7-5-11-29-25(20)32-18(15-33)16-35-24-19(6-4-8-23(24)32)26(34)30-17-9-10-22(21(28)14-17)31-12-2-1-3-13-31/h4-11,14,18,33H,1-3,12-13,15-16H2,(H,30,34)/t18-/m0/s1. The number of para-hydroxylation sites is 1. The molecule has 0 aliphatic carbocycles. The number of ether oxygens (including phenoxy) is 1. The fourth-order valence-corrected chi connectivity index (χ4v) is 5.16. The minimum Gasteiger partial charge on any atom is -0.488 e. The Morgan fingerprint density at radius 3 is 2.63 bits per heavy atom. The zero-order valence-corrected chi connectivity index (χ0v) is 20.6. The molecule has 2 aromatic carbocycles. The molecular formula is C26H26Cl2N4O3. The summed E-state index contributed by atoms with van der Waals surface area (Å²) in [6.45, 7) is 2.00. The predicted molar refractivity (Wildman–Crippen MR) is 140 cm³/mol. The number of pyridine rings is 1. The number of aliphatic hydroxyl groups excluding tert-OH is 1. The maximum absolute atomic E-state index is 13.3. The van der Waals surface area contributed by atoms with E-state index in [0.717, 1.165) is 31.6 Å². The van der Waals surface area contributed by atoms with Gasteiger partial charge in [-0.1, -0.05) is 29.3 Å². The molecule has 2 aliphatic heterocycles. The van der Waals surface area contributed by atoms with Crippen LogP contribution in [-0.4, -0.2) is 48.3 Å². The van der Waals surface area contributed by atoms with Crippen LogP contribution in [0.3, 0.4) is 0 Å². The molecule has 1 atom stereocenters. The number of carbonyl (C=O) groups is 1. The summed E-state index contributed by atoms with van der Waals surface area (Å²) < 4.78 is 5.96. The van der Waals surface area contributed by atoms with E-state index >= 15 is 0 Å². The minimum absolute atomic E-state index is 0.162. The van der Waals surface area contributed by atoms with Crippen molar-refractivity contribution in [2.75, 3.05) is 41.4 Å². The van der Waals surface area contributed by atoms with Crippen molar-refractivity contribution in [3.63, 3.8) is 0 Å². The molecule has 7 nitrogen and oxygen atoms in total. The number of amides is 1. The Labute approximate surface area is 214 Å². The summed E-state index contributed by atoms with van der Waals surface area (Å²) in [6.07, 6.45) is 5.20. The smallest absolute Gasteiger partial charge is 0.259 e. The lowest BCUT2D eigenvalue weighted by atomic mass is 10.1. The fourth-order valence-electron chi connectivity index (χ4n) is 4.65. The Balaban J connectivity index is 1.43. The number of carbonyl (C=O) groups excluding carboxylic acids is 1. The van der Waals surface area contributed by atoms with Crippen LogP contribution in [0.5, 0.6) is 5.75 Å². The predicted octanol–water partition coefficient (Wildman–Crippen LogP) is 5.52. The van der Waals surface area contributed by atoms with Crippen LogP contribution >= 0.6 is 23.2 Å². The zero-order valence-electron chi connectivity index (χ0n) is 19.1. The number of hydrogen-bond donors (Lipinski definition) is 2. The molecule has 1 aromatic heterocycles. The first-order chi connectivity index (χ1) is 17.1. The van der Waals surface area contributed by atoms with E-state index in [1.807, 2.05) is 23.1 Å². The maximum Gasteiger partial charge on any atom is 0.259 e. The van der Waals surface area contributed by atoms with Crippen LogP contribution in [0.1, 0.15) is 29.6 Å². The van der Waals surface area contributed by atoms with Crippen molar-refractivity contribution in [3.05, 3.63) is 70.3 Å². The van der Waals surface area contributed by atoms with E-state index in [-0.39, 0.29) is 19.1 Å². The van der Waals surface area contributed by atoms with Crippen molar-refractivity contribution in [2.24, 2.45) is 0 Å². The van der Waals surface area contributed by atoms with Crippen molar-refractivity contribution in [1.82, 2.24) is 4.98 Å². The van der Waals surface area contributed by atoms with Crippen LogP contribution in [0.2, 0.25) is 10.0 Å². The van der Waals surface area contributed by atoms with Crippen LogP contribution in [0.15, 0.2) is 54.7 Å². The van der Waals surface area contributed by atoms with Crippen molar-refractivity contribution in [1.29, 1.82) is 0 Å². The first kappa shape index (κ1) is 23.7. The molecule has 1 amide bonds. The van der Waals surface area contributed by atoms with E-state index in [9.17, 15) is 9.90 Å². The van der Waals surface area contributed by atoms with Crippen LogP contribution < -0.4 is 19.9 Å². The molecule has 0 bridgehead atoms. The molecule has 3 heterocycles. The van der Waals surface area contributed by atoms with Gasteiger partial charge in [0, 0.05) is 25.0 Å². The average Bonchev–Trinajstić information content (AvgIpc) is 2.88. The summed E-state index contributed by atoms with van der Waals surface area (Å²) in [5.41, 5.74) is 2.57. The third-order valence-electron chi connectivity index (χ3n) is 6.36. The lowest BCUT2D eigenvalue weighted by Gasteiger charge is -2.37. The zero-order chi connectivity index (χ0) is 24.4. The number of piperidine rings is 1. The van der Waals surface area contributed by atoms with E-state index in [1.165, 1.54) is 6.42 Å². The molecule has 182 valence electrons. The van der Waals surface area contributed by atoms with E-state index in [2.05, 4.69) is 15.2 Å². The molecule has 3 aromatic rings. The Morgan fingerprint density at radius 1 is 1.06 bits per heavy atom. The summed E-state index contributed by atoms with van der Waals surface area (Å²) >= 11 is 13.0. The second-order valence-electron chi connectivity index (χ2n) is 8.65. The topological polar surface area (TPSA) is 77.9 Å². The molecule has 0 saturated carbocycles. The van der Waals surface area contributed by atoms with Gasteiger partial charge in [-0.3, -0.25) is 4.79 Å². The monoisotopic (exact) mass is 512 g/mol. The van der Waals surface area contributed by atoms with Gasteiger partial charge in [0.25, 0.3) is 5.91 Å². The summed E-state index contributed by atoms with van der Waals surface area (Å²) in [5, 5.41) is 14.0. The van der Waals surface area contributed by atoms with Crippen molar-refractivity contribution >= 4 is 52.0 Å². The van der Waals surface area contributed by atoms with E-state index in [0.29, 0.717) is 38.6 Å². The average molecular weight is 513 g/mol. The molecular weight excluding hydrogens is 487 g/mol. The number of hydrogen-bond acceptors (Lipinski definition) is 6. The van der Waals surface area contributed by atoms with Crippen molar-refractivity contribution in [2.45, 2.75) is 25.3 Å². The normalized spacial score (nSPS) is 17.5. The second-order valence-corrected chi connectivity index (χ2v) is 9.46. The van der Waals surface area contributed by atoms with Crippen molar-refractivity contribution in [3.8, 4) is 5.75 Å². The van der Waals surface area contributed by atoms with Gasteiger partial charge >= 0.3 is 0 Å². The number of aliphatic hydroxyl groups is 1. The first-order valence-electron chi connectivity index (χ1n) is 11.7. The molecule has 0 unspecified atom stereocenters. The molecule has 5 rings (SSSR count). The van der Waals surface area contributed by atoms with Gasteiger partial charge in [-0.05, 0) is 61.7 Å². The lowest BCUT2D eigenvalue weighted by molar-refractivity contribution is 0.102. The molecule has 1 fully saturated rings. The number of aromatic nitrogens is 1. The SMILES string of the molecule is O=C(Nc1ccc(N2CCCCC2)c(Cl)c1)c1cccc2c1OC[C@H](CO)N2c1ncccc1Cl. The number of nitrogens with zero attached hydrogens (tertiary/aromatic N) is 3. The van der Waals surface area contributed by atoms with Crippen LogP contribution in [0.4, 0.5) is 22.9 Å². The van der Waals surface area contributed by atoms with Gasteiger partial charge in [-0.25, -0.2) is 4.98 Å². The highest BCUT2D eigenvalue weighted by molar-refractivity contribution is 6.34. The Kier molecular flexibility index (Phi) is 7.00. The van der Waals surface area contributed by atoms with Crippen LogP contribution in [-0.2, 0) is 0 Å². The quantitative estimate of drug-likeness (QED) is 0.468. The van der Waals surface area contributed by atoms with Gasteiger partial charge in [0.2, 0.25) is 0 Å². The molecule has 2 aliphatic rings. The van der Waals surface area contributed by atoms with Gasteiger partial charge in [0.05, 0.1) is 39.6 Å². The molecule has 0 radical (unpaired) electrons. The highest BCUT2D eigenvalue weighted by Gasteiger charge is 2.33. The summed E-state index contributed by atoms with van der Waals surface area (Å²) in [5.74, 6) is 0.584. The summed E-state index contributed by atoms with van der Waals surface area (Å²) in [4.78, 5) is 21.8. The third kappa shape index (κ3) is 4.76. The van der Waals surface area contributed by atoms with E-state index in [4.69, 9.17) is 27.9 Å². The Bertz CT molecular complexity index is 1230. The van der Waals surface area contributed by atoms with Crippen molar-refractivity contribution < 1.29 is 14.6 Å². The molecule has 0 spiro atoms. The number of anilines is 4. The second kappa shape index (κ2) is 10.3.